The zero-order valence-electron chi connectivity index (χ0n) is 10.4. The summed E-state index contributed by atoms with van der Waals surface area (Å²) in [7, 11) is 1.95. The van der Waals surface area contributed by atoms with Crippen LogP contribution in [0.15, 0.2) is 24.9 Å². The van der Waals surface area contributed by atoms with Crippen molar-refractivity contribution in [3.05, 3.63) is 24.9 Å². The van der Waals surface area contributed by atoms with Gasteiger partial charge in [-0.15, -0.1) is 0 Å². The molecule has 0 radical (unpaired) electrons. The Morgan fingerprint density at radius 3 is 2.94 bits per heavy atom. The van der Waals surface area contributed by atoms with E-state index >= 15 is 0 Å². The van der Waals surface area contributed by atoms with Crippen LogP contribution in [0, 0.1) is 0 Å². The van der Waals surface area contributed by atoms with Gasteiger partial charge in [0, 0.05) is 31.4 Å². The second-order valence-corrected chi connectivity index (χ2v) is 4.07. The number of aromatic nitrogens is 4. The molecule has 0 spiro atoms. The standard InChI is InChI=1S/C12H19N5/c1-3-5-17-9-11(7-15-17)12-8-14-10-16(12)6-4-13-2/h7-10,13H,3-6H2,1-2H3. The minimum atomic E-state index is 0.921. The Morgan fingerprint density at radius 2 is 2.18 bits per heavy atom. The van der Waals surface area contributed by atoms with E-state index < -0.39 is 0 Å². The highest BCUT2D eigenvalue weighted by Crippen LogP contribution is 2.17. The van der Waals surface area contributed by atoms with Crippen molar-refractivity contribution in [3.8, 4) is 11.3 Å². The van der Waals surface area contributed by atoms with Gasteiger partial charge in [-0.1, -0.05) is 6.92 Å². The summed E-state index contributed by atoms with van der Waals surface area (Å²) in [6, 6.07) is 0. The summed E-state index contributed by atoms with van der Waals surface area (Å²) < 4.78 is 4.12. The second-order valence-electron chi connectivity index (χ2n) is 4.07. The summed E-state index contributed by atoms with van der Waals surface area (Å²) in [5.41, 5.74) is 2.26. The van der Waals surface area contributed by atoms with Gasteiger partial charge in [0.2, 0.25) is 0 Å². The van der Waals surface area contributed by atoms with E-state index in [2.05, 4.69) is 33.1 Å². The van der Waals surface area contributed by atoms with Crippen molar-refractivity contribution >= 4 is 0 Å². The Morgan fingerprint density at radius 1 is 1.29 bits per heavy atom. The van der Waals surface area contributed by atoms with Crippen LogP contribution >= 0.6 is 0 Å². The zero-order chi connectivity index (χ0) is 12.1. The average Bonchev–Trinajstić information content (AvgIpc) is 2.94. The maximum atomic E-state index is 4.34. The Kier molecular flexibility index (Phi) is 3.93. The Labute approximate surface area is 101 Å². The van der Waals surface area contributed by atoms with Gasteiger partial charge in [0.05, 0.1) is 24.4 Å². The fourth-order valence-corrected chi connectivity index (χ4v) is 1.82. The van der Waals surface area contributed by atoms with Crippen molar-refractivity contribution < 1.29 is 0 Å². The lowest BCUT2D eigenvalue weighted by Crippen LogP contribution is -2.14. The molecule has 2 aromatic rings. The van der Waals surface area contributed by atoms with Gasteiger partial charge in [0.15, 0.2) is 0 Å². The van der Waals surface area contributed by atoms with Crippen LogP contribution in [0.25, 0.3) is 11.3 Å². The van der Waals surface area contributed by atoms with Gasteiger partial charge < -0.3 is 9.88 Å². The predicted octanol–water partition coefficient (Wildman–Crippen LogP) is 1.38. The SMILES string of the molecule is CCCn1cc(-c2cncn2CCNC)cn1. The largest absolute Gasteiger partial charge is 0.329 e. The molecule has 0 unspecified atom stereocenters. The number of hydrogen-bond donors (Lipinski definition) is 1. The van der Waals surface area contributed by atoms with Crippen LogP contribution in [-0.2, 0) is 13.1 Å². The van der Waals surface area contributed by atoms with Crippen molar-refractivity contribution in [1.29, 1.82) is 0 Å². The van der Waals surface area contributed by atoms with Gasteiger partial charge in [-0.3, -0.25) is 4.68 Å². The molecule has 5 nitrogen and oxygen atoms in total. The summed E-state index contributed by atoms with van der Waals surface area (Å²) in [6.45, 7) is 4.97. The second kappa shape index (κ2) is 5.63. The van der Waals surface area contributed by atoms with E-state index in [1.807, 2.05) is 30.5 Å². The number of nitrogens with one attached hydrogen (secondary N) is 1. The third-order valence-electron chi connectivity index (χ3n) is 2.70. The van der Waals surface area contributed by atoms with Gasteiger partial charge in [0.1, 0.15) is 0 Å². The minimum absolute atomic E-state index is 0.921. The highest BCUT2D eigenvalue weighted by atomic mass is 15.3. The van der Waals surface area contributed by atoms with E-state index in [0.717, 1.165) is 37.3 Å². The molecule has 17 heavy (non-hydrogen) atoms. The third-order valence-corrected chi connectivity index (χ3v) is 2.70. The maximum Gasteiger partial charge on any atom is 0.0951 e. The van der Waals surface area contributed by atoms with Crippen LogP contribution in [0.1, 0.15) is 13.3 Å². The normalized spacial score (nSPS) is 10.9. The van der Waals surface area contributed by atoms with E-state index in [4.69, 9.17) is 0 Å². The molecule has 0 saturated carbocycles. The van der Waals surface area contributed by atoms with Gasteiger partial charge in [-0.25, -0.2) is 4.98 Å². The topological polar surface area (TPSA) is 47.7 Å². The van der Waals surface area contributed by atoms with Crippen LogP contribution < -0.4 is 5.32 Å². The van der Waals surface area contributed by atoms with E-state index in [1.165, 1.54) is 0 Å². The number of aryl methyl sites for hydroxylation is 1. The quantitative estimate of drug-likeness (QED) is 0.820. The molecular formula is C12H19N5. The lowest BCUT2D eigenvalue weighted by atomic mass is 10.3. The number of rotatable bonds is 6. The van der Waals surface area contributed by atoms with Crippen LogP contribution in [0.5, 0.6) is 0 Å². The van der Waals surface area contributed by atoms with Gasteiger partial charge in [-0.05, 0) is 13.5 Å². The lowest BCUT2D eigenvalue weighted by Gasteiger charge is -2.05. The van der Waals surface area contributed by atoms with Crippen LogP contribution in [0.3, 0.4) is 0 Å². The number of nitrogens with zero attached hydrogens (tertiary/aromatic N) is 4. The number of hydrogen-bond acceptors (Lipinski definition) is 3. The van der Waals surface area contributed by atoms with Crippen molar-refractivity contribution in [1.82, 2.24) is 24.6 Å². The first-order valence-corrected chi connectivity index (χ1v) is 6.02. The van der Waals surface area contributed by atoms with Gasteiger partial charge in [-0.2, -0.15) is 5.10 Å². The molecule has 0 amide bonds. The van der Waals surface area contributed by atoms with Crippen molar-refractivity contribution in [2.75, 3.05) is 13.6 Å². The molecule has 0 saturated heterocycles. The smallest absolute Gasteiger partial charge is 0.0951 e. The van der Waals surface area contributed by atoms with Crippen LogP contribution in [0.4, 0.5) is 0 Å². The molecule has 2 rings (SSSR count). The molecule has 2 aromatic heterocycles. The molecule has 0 aromatic carbocycles. The van der Waals surface area contributed by atoms with E-state index in [0.29, 0.717) is 0 Å². The summed E-state index contributed by atoms with van der Waals surface area (Å²) in [6.07, 6.45) is 8.84. The summed E-state index contributed by atoms with van der Waals surface area (Å²) in [5.74, 6) is 0. The first kappa shape index (κ1) is 11.9. The fraction of sp³-hybridized carbons (Fsp3) is 0.500. The predicted molar refractivity (Wildman–Crippen MR) is 67.7 cm³/mol. The van der Waals surface area contributed by atoms with Crippen LogP contribution in [0.2, 0.25) is 0 Å². The van der Waals surface area contributed by atoms with Gasteiger partial charge >= 0.3 is 0 Å². The summed E-state index contributed by atoms with van der Waals surface area (Å²) >= 11 is 0. The molecule has 0 aliphatic carbocycles. The van der Waals surface area contributed by atoms with Crippen LogP contribution in [-0.4, -0.2) is 32.9 Å². The Hall–Kier alpha value is -1.62. The highest BCUT2D eigenvalue weighted by molar-refractivity contribution is 5.56. The van der Waals surface area contributed by atoms with Crippen molar-refractivity contribution in [3.63, 3.8) is 0 Å². The first-order chi connectivity index (χ1) is 8.35. The highest BCUT2D eigenvalue weighted by Gasteiger charge is 2.06. The molecule has 2 heterocycles. The molecule has 1 N–H and O–H groups in total. The first-order valence-electron chi connectivity index (χ1n) is 6.02. The average molecular weight is 233 g/mol. The Balaban J connectivity index is 2.17. The summed E-state index contributed by atoms with van der Waals surface area (Å²) in [5, 5.41) is 7.48. The van der Waals surface area contributed by atoms with E-state index in [9.17, 15) is 0 Å². The Bertz CT molecular complexity index is 457. The molecule has 0 aliphatic rings. The maximum absolute atomic E-state index is 4.34. The molecule has 92 valence electrons. The van der Waals surface area contributed by atoms with E-state index in [-0.39, 0.29) is 0 Å². The minimum Gasteiger partial charge on any atom is -0.329 e. The van der Waals surface area contributed by atoms with Crippen molar-refractivity contribution in [2.24, 2.45) is 0 Å². The molecule has 5 heteroatoms. The molecule has 0 bridgehead atoms. The lowest BCUT2D eigenvalue weighted by molar-refractivity contribution is 0.603. The fourth-order valence-electron chi connectivity index (χ4n) is 1.82. The molecule has 0 aliphatic heterocycles. The van der Waals surface area contributed by atoms with Gasteiger partial charge in [0.25, 0.3) is 0 Å². The van der Waals surface area contributed by atoms with E-state index in [1.54, 1.807) is 0 Å². The zero-order valence-corrected chi connectivity index (χ0v) is 10.4. The molecule has 0 atom stereocenters. The molecular weight excluding hydrogens is 214 g/mol. The number of likely N-dealkylation sites (N-methyl/N-ethyl adjacent to an activating group) is 1. The monoisotopic (exact) mass is 233 g/mol. The summed E-state index contributed by atoms with van der Waals surface area (Å²) in [4.78, 5) is 4.20. The molecule has 0 fully saturated rings. The number of imidazole rings is 1. The van der Waals surface area contributed by atoms with Crippen molar-refractivity contribution in [2.45, 2.75) is 26.4 Å². The third kappa shape index (κ3) is 2.74.